The summed E-state index contributed by atoms with van der Waals surface area (Å²) >= 11 is 0. The molecule has 34 heavy (non-hydrogen) atoms. The van der Waals surface area contributed by atoms with Crippen molar-refractivity contribution >= 4 is 11.6 Å². The first kappa shape index (κ1) is 22.2. The number of aryl methyl sites for hydroxylation is 1. The maximum absolute atomic E-state index is 13.1. The van der Waals surface area contributed by atoms with Crippen molar-refractivity contribution in [3.63, 3.8) is 0 Å². The van der Waals surface area contributed by atoms with Crippen molar-refractivity contribution in [2.45, 2.75) is 45.9 Å². The molecule has 6 heteroatoms. The number of hydrogen-bond acceptors (Lipinski definition) is 5. The second-order valence-corrected chi connectivity index (χ2v) is 9.35. The molecule has 1 fully saturated rings. The van der Waals surface area contributed by atoms with Crippen LogP contribution in [-0.4, -0.2) is 42.6 Å². The van der Waals surface area contributed by atoms with Crippen LogP contribution in [0, 0.1) is 18.3 Å². The number of nitriles is 1. The molecule has 0 aliphatic carbocycles. The number of hydrogen-bond donors (Lipinski definition) is 0. The zero-order valence-corrected chi connectivity index (χ0v) is 19.9. The van der Waals surface area contributed by atoms with E-state index in [1.54, 1.807) is 12.1 Å². The van der Waals surface area contributed by atoms with Gasteiger partial charge in [-0.25, -0.2) is 0 Å². The Kier molecular flexibility index (Phi) is 5.89. The number of anilines is 1. The van der Waals surface area contributed by atoms with Crippen molar-refractivity contribution in [3.8, 4) is 17.2 Å². The predicted octanol–water partition coefficient (Wildman–Crippen LogP) is 4.94. The number of fused-ring (bicyclic) bond motifs is 1. The molecule has 3 heterocycles. The Labute approximate surface area is 200 Å². The molecule has 0 spiro atoms. The zero-order valence-electron chi connectivity index (χ0n) is 19.9. The molecule has 2 aromatic carbocycles. The van der Waals surface area contributed by atoms with Crippen LogP contribution in [-0.2, 0) is 17.8 Å². The fourth-order valence-corrected chi connectivity index (χ4v) is 5.37. The molecule has 0 N–H and O–H groups in total. The zero-order chi connectivity index (χ0) is 23.8. The fraction of sp³-hybridized carbons (Fsp3) is 0.357. The van der Waals surface area contributed by atoms with Gasteiger partial charge >= 0.3 is 0 Å². The second kappa shape index (κ2) is 9.00. The van der Waals surface area contributed by atoms with Crippen molar-refractivity contribution in [3.05, 3.63) is 76.7 Å². The lowest BCUT2D eigenvalue weighted by Crippen LogP contribution is -2.59. The van der Waals surface area contributed by atoms with E-state index in [0.717, 1.165) is 39.9 Å². The first-order valence-corrected chi connectivity index (χ1v) is 11.8. The van der Waals surface area contributed by atoms with Gasteiger partial charge in [0.05, 0.1) is 30.7 Å². The van der Waals surface area contributed by atoms with E-state index < -0.39 is 0 Å². The Morgan fingerprint density at radius 1 is 1.09 bits per heavy atom. The molecule has 1 saturated heterocycles. The molecule has 2 aliphatic rings. The van der Waals surface area contributed by atoms with E-state index in [0.29, 0.717) is 32.1 Å². The van der Waals surface area contributed by atoms with Crippen LogP contribution in [0.3, 0.4) is 0 Å². The molecule has 5 rings (SSSR count). The van der Waals surface area contributed by atoms with Gasteiger partial charge in [-0.2, -0.15) is 5.26 Å². The van der Waals surface area contributed by atoms with Gasteiger partial charge in [0.25, 0.3) is 5.91 Å². The van der Waals surface area contributed by atoms with Crippen LogP contribution in [0.1, 0.15) is 46.7 Å². The number of carbonyl (C=O) groups is 1. The van der Waals surface area contributed by atoms with E-state index in [-0.39, 0.29) is 18.0 Å². The van der Waals surface area contributed by atoms with Crippen LogP contribution in [0.2, 0.25) is 0 Å². The lowest BCUT2D eigenvalue weighted by molar-refractivity contribution is 0.0541. The van der Waals surface area contributed by atoms with Gasteiger partial charge in [-0.1, -0.05) is 29.8 Å². The van der Waals surface area contributed by atoms with E-state index >= 15 is 0 Å². The third-order valence-electron chi connectivity index (χ3n) is 6.97. The normalized spacial score (nSPS) is 20.1. The highest BCUT2D eigenvalue weighted by Crippen LogP contribution is 2.39. The monoisotopic (exact) mass is 455 g/mol. The Morgan fingerprint density at radius 3 is 2.47 bits per heavy atom. The molecule has 3 aromatic rings. The van der Waals surface area contributed by atoms with Crippen molar-refractivity contribution in [2.75, 3.05) is 24.6 Å². The summed E-state index contributed by atoms with van der Waals surface area (Å²) in [5, 5.41) is 10.2. The molecule has 2 atom stereocenters. The Bertz CT molecular complexity index is 1230. The van der Waals surface area contributed by atoms with Crippen LogP contribution in [0.15, 0.2) is 53.1 Å². The molecule has 1 aromatic heterocycles. The third-order valence-corrected chi connectivity index (χ3v) is 6.97. The number of benzene rings is 2. The summed E-state index contributed by atoms with van der Waals surface area (Å²) in [5.41, 5.74) is 7.35. The number of piperazine rings is 1. The van der Waals surface area contributed by atoms with Crippen LogP contribution < -0.4 is 4.90 Å². The summed E-state index contributed by atoms with van der Waals surface area (Å²) in [6.45, 7) is 8.63. The van der Waals surface area contributed by atoms with Crippen LogP contribution in [0.4, 0.5) is 5.69 Å². The summed E-state index contributed by atoms with van der Waals surface area (Å²) < 4.78 is 11.2. The highest BCUT2D eigenvalue weighted by Gasteiger charge is 2.36. The topological polar surface area (TPSA) is 69.7 Å². The fourth-order valence-electron chi connectivity index (χ4n) is 5.37. The lowest BCUT2D eigenvalue weighted by atomic mass is 9.87. The van der Waals surface area contributed by atoms with Crippen molar-refractivity contribution in [1.29, 1.82) is 5.26 Å². The first-order valence-electron chi connectivity index (χ1n) is 11.8. The maximum atomic E-state index is 13.1. The molecule has 2 aliphatic heterocycles. The largest absolute Gasteiger partial charge is 0.459 e. The quantitative estimate of drug-likeness (QED) is 0.560. The minimum Gasteiger partial charge on any atom is -0.459 e. The van der Waals surface area contributed by atoms with Crippen LogP contribution in [0.25, 0.3) is 11.1 Å². The number of rotatable bonds is 3. The van der Waals surface area contributed by atoms with E-state index in [1.807, 2.05) is 4.90 Å². The molecule has 174 valence electrons. The minimum atomic E-state index is -0.0897. The highest BCUT2D eigenvalue weighted by molar-refractivity contribution is 5.92. The van der Waals surface area contributed by atoms with Crippen LogP contribution >= 0.6 is 0 Å². The van der Waals surface area contributed by atoms with E-state index in [2.05, 4.69) is 62.1 Å². The summed E-state index contributed by atoms with van der Waals surface area (Å²) in [5.74, 6) is 0.272. The molecular weight excluding hydrogens is 426 g/mol. The molecule has 1 amide bonds. The van der Waals surface area contributed by atoms with E-state index in [4.69, 9.17) is 9.15 Å². The number of ether oxygens (including phenoxy) is 1. The summed E-state index contributed by atoms with van der Waals surface area (Å²) in [4.78, 5) is 17.2. The standard InChI is InChI=1S/C28H29N3O3/c1-18-6-8-21(9-7-18)23-13-26(24(14-29)22-10-12-33-17-25(22)23)30-15-19(2)31(20(3)16-30)28(32)27-5-4-11-34-27/h4-9,11,13,19-20H,10,12,15-17H2,1-3H3. The van der Waals surface area contributed by atoms with E-state index in [1.165, 1.54) is 11.8 Å². The molecule has 2 unspecified atom stereocenters. The van der Waals surface area contributed by atoms with Crippen molar-refractivity contribution in [1.82, 2.24) is 4.90 Å². The number of carbonyl (C=O) groups excluding carboxylic acids is 1. The lowest BCUT2D eigenvalue weighted by Gasteiger charge is -2.45. The highest BCUT2D eigenvalue weighted by atomic mass is 16.5. The summed E-state index contributed by atoms with van der Waals surface area (Å²) in [7, 11) is 0. The minimum absolute atomic E-state index is 0.0323. The average Bonchev–Trinajstić information content (AvgIpc) is 3.38. The van der Waals surface area contributed by atoms with Crippen LogP contribution in [0.5, 0.6) is 0 Å². The molecular formula is C28H29N3O3. The van der Waals surface area contributed by atoms with Crippen molar-refractivity contribution in [2.24, 2.45) is 0 Å². The molecule has 0 bridgehead atoms. The Balaban J connectivity index is 1.55. The SMILES string of the molecule is Cc1ccc(-c2cc(N3CC(C)N(C(=O)c4ccco4)C(C)C3)c(C#N)c3c2COCC3)cc1. The average molecular weight is 456 g/mol. The Hall–Kier alpha value is -3.56. The predicted molar refractivity (Wildman–Crippen MR) is 131 cm³/mol. The van der Waals surface area contributed by atoms with Gasteiger partial charge in [0, 0.05) is 25.2 Å². The third kappa shape index (κ3) is 3.86. The van der Waals surface area contributed by atoms with Gasteiger partial charge in [-0.05, 0) is 67.6 Å². The van der Waals surface area contributed by atoms with Gasteiger partial charge in [0.2, 0.25) is 0 Å². The molecule has 0 saturated carbocycles. The molecule has 6 nitrogen and oxygen atoms in total. The first-order chi connectivity index (χ1) is 16.5. The van der Waals surface area contributed by atoms with Gasteiger partial charge in [-0.3, -0.25) is 4.79 Å². The van der Waals surface area contributed by atoms with E-state index in [9.17, 15) is 10.1 Å². The maximum Gasteiger partial charge on any atom is 0.290 e. The van der Waals surface area contributed by atoms with Crippen molar-refractivity contribution < 1.29 is 13.9 Å². The summed E-state index contributed by atoms with van der Waals surface area (Å²) in [6.07, 6.45) is 2.26. The Morgan fingerprint density at radius 2 is 1.82 bits per heavy atom. The van der Waals surface area contributed by atoms with Gasteiger partial charge in [0.15, 0.2) is 5.76 Å². The number of furan rings is 1. The smallest absolute Gasteiger partial charge is 0.290 e. The molecule has 0 radical (unpaired) electrons. The summed E-state index contributed by atoms with van der Waals surface area (Å²) in [6, 6.07) is 16.6. The van der Waals surface area contributed by atoms with Gasteiger partial charge in [-0.15, -0.1) is 0 Å². The van der Waals surface area contributed by atoms with Gasteiger partial charge in [0.1, 0.15) is 6.07 Å². The number of nitrogens with zero attached hydrogens (tertiary/aromatic N) is 3. The second-order valence-electron chi connectivity index (χ2n) is 9.35. The number of amides is 1. The van der Waals surface area contributed by atoms with Gasteiger partial charge < -0.3 is 19.0 Å².